The number of ether oxygens (including phenoxy) is 1. The van der Waals surface area contributed by atoms with Crippen LogP contribution in [0, 0.1) is 0 Å². The first-order valence-corrected chi connectivity index (χ1v) is 5.64. The lowest BCUT2D eigenvalue weighted by Gasteiger charge is -2.05. The highest BCUT2D eigenvalue weighted by molar-refractivity contribution is 6.40. The Labute approximate surface area is 107 Å². The summed E-state index contributed by atoms with van der Waals surface area (Å²) >= 11 is 6.30. The van der Waals surface area contributed by atoms with Gasteiger partial charge in [-0.15, -0.1) is 0 Å². The number of pyridine rings is 1. The molecule has 0 saturated carbocycles. The summed E-state index contributed by atoms with van der Waals surface area (Å²) in [5.74, 6) is 0.697. The zero-order valence-electron chi connectivity index (χ0n) is 9.44. The van der Waals surface area contributed by atoms with Crippen LogP contribution in [0.15, 0.2) is 39.5 Å². The lowest BCUT2D eigenvalue weighted by atomic mass is 10.1. The van der Waals surface area contributed by atoms with Crippen LogP contribution in [0.1, 0.15) is 0 Å². The van der Waals surface area contributed by atoms with Gasteiger partial charge in [-0.2, -0.15) is 0 Å². The highest BCUT2D eigenvalue weighted by Gasteiger charge is 2.10. The summed E-state index contributed by atoms with van der Waals surface area (Å²) in [5, 5.41) is 1.87. The summed E-state index contributed by atoms with van der Waals surface area (Å²) in [7, 11) is 1.59. The number of hydrogen-bond acceptors (Lipinski definition) is 4. The van der Waals surface area contributed by atoms with Gasteiger partial charge in [0.1, 0.15) is 5.75 Å². The molecule has 2 aromatic heterocycles. The molecule has 4 nitrogen and oxygen atoms in total. The van der Waals surface area contributed by atoms with Crippen molar-refractivity contribution in [1.82, 2.24) is 4.98 Å². The topological polar surface area (TPSA) is 52.3 Å². The number of nitrogens with zero attached hydrogens (tertiary/aromatic N) is 1. The van der Waals surface area contributed by atoms with Gasteiger partial charge in [0.15, 0.2) is 0 Å². The highest BCUT2D eigenvalue weighted by atomic mass is 35.5. The van der Waals surface area contributed by atoms with Crippen molar-refractivity contribution in [3.63, 3.8) is 0 Å². The molecule has 1 aromatic carbocycles. The first-order chi connectivity index (χ1) is 8.69. The Kier molecular flexibility index (Phi) is 2.45. The van der Waals surface area contributed by atoms with Crippen molar-refractivity contribution in [3.05, 3.63) is 45.8 Å². The second-order valence-electron chi connectivity index (χ2n) is 3.78. The smallest absolute Gasteiger partial charge is 0.337 e. The Morgan fingerprint density at radius 1 is 1.22 bits per heavy atom. The quantitative estimate of drug-likeness (QED) is 0.632. The lowest BCUT2D eigenvalue weighted by Crippen LogP contribution is -1.96. The van der Waals surface area contributed by atoms with Crippen molar-refractivity contribution in [2.45, 2.75) is 0 Å². The van der Waals surface area contributed by atoms with Crippen LogP contribution >= 0.6 is 11.6 Å². The number of benzene rings is 1. The molecule has 3 rings (SSSR count). The standard InChI is InChI=1S/C13H8ClNO3/c1-17-7-2-4-10-9(6-7)12(14)8-3-5-11(16)18-13(8)15-10/h2-6H,1H3. The van der Waals surface area contributed by atoms with Crippen molar-refractivity contribution >= 4 is 33.6 Å². The van der Waals surface area contributed by atoms with E-state index in [9.17, 15) is 4.79 Å². The Hall–Kier alpha value is -2.07. The van der Waals surface area contributed by atoms with E-state index in [1.165, 1.54) is 6.07 Å². The fourth-order valence-corrected chi connectivity index (χ4v) is 2.12. The SMILES string of the molecule is COc1ccc2nc3oc(=O)ccc3c(Cl)c2c1. The van der Waals surface area contributed by atoms with Crippen LogP contribution in [0.2, 0.25) is 5.02 Å². The number of aromatic nitrogens is 1. The van der Waals surface area contributed by atoms with Crippen LogP contribution < -0.4 is 10.4 Å². The number of fused-ring (bicyclic) bond motifs is 2. The van der Waals surface area contributed by atoms with E-state index in [0.29, 0.717) is 21.7 Å². The highest BCUT2D eigenvalue weighted by Crippen LogP contribution is 2.31. The van der Waals surface area contributed by atoms with E-state index >= 15 is 0 Å². The van der Waals surface area contributed by atoms with Gasteiger partial charge in [-0.3, -0.25) is 0 Å². The average Bonchev–Trinajstić information content (AvgIpc) is 2.38. The van der Waals surface area contributed by atoms with Gasteiger partial charge in [0.05, 0.1) is 23.0 Å². The number of halogens is 1. The molecular weight excluding hydrogens is 254 g/mol. The monoisotopic (exact) mass is 261 g/mol. The molecule has 90 valence electrons. The molecule has 18 heavy (non-hydrogen) atoms. The van der Waals surface area contributed by atoms with E-state index in [4.69, 9.17) is 20.8 Å². The Bertz CT molecular complexity index is 810. The van der Waals surface area contributed by atoms with Crippen molar-refractivity contribution < 1.29 is 9.15 Å². The fourth-order valence-electron chi connectivity index (χ4n) is 1.83. The molecule has 0 unspecified atom stereocenters. The summed E-state index contributed by atoms with van der Waals surface area (Å²) < 4.78 is 10.2. The Morgan fingerprint density at radius 2 is 2.06 bits per heavy atom. The van der Waals surface area contributed by atoms with E-state index < -0.39 is 5.63 Å². The maximum Gasteiger partial charge on any atom is 0.337 e. The third kappa shape index (κ3) is 1.62. The van der Waals surface area contributed by atoms with Gasteiger partial charge in [0.2, 0.25) is 5.71 Å². The van der Waals surface area contributed by atoms with Gasteiger partial charge in [0.25, 0.3) is 0 Å². The minimum Gasteiger partial charge on any atom is -0.497 e. The molecule has 0 atom stereocenters. The van der Waals surface area contributed by atoms with Crippen molar-refractivity contribution in [2.24, 2.45) is 0 Å². The third-order valence-corrected chi connectivity index (χ3v) is 3.12. The van der Waals surface area contributed by atoms with Crippen LogP contribution in [0.3, 0.4) is 0 Å². The first-order valence-electron chi connectivity index (χ1n) is 5.26. The van der Waals surface area contributed by atoms with Crippen LogP contribution in [0.25, 0.3) is 22.0 Å². The van der Waals surface area contributed by atoms with E-state index in [2.05, 4.69) is 4.98 Å². The number of methoxy groups -OCH3 is 1. The van der Waals surface area contributed by atoms with E-state index in [1.807, 2.05) is 0 Å². The van der Waals surface area contributed by atoms with Crippen LogP contribution in [-0.2, 0) is 0 Å². The van der Waals surface area contributed by atoms with Gasteiger partial charge in [-0.05, 0) is 24.3 Å². The molecule has 0 aliphatic rings. The summed E-state index contributed by atoms with van der Waals surface area (Å²) in [4.78, 5) is 15.4. The van der Waals surface area contributed by atoms with E-state index in [1.54, 1.807) is 31.4 Å². The Morgan fingerprint density at radius 3 is 2.83 bits per heavy atom. The van der Waals surface area contributed by atoms with Gasteiger partial charge >= 0.3 is 5.63 Å². The molecule has 0 aliphatic carbocycles. The molecule has 0 spiro atoms. The maximum atomic E-state index is 11.2. The van der Waals surface area contributed by atoms with E-state index in [0.717, 1.165) is 5.39 Å². The largest absolute Gasteiger partial charge is 0.497 e. The second-order valence-corrected chi connectivity index (χ2v) is 4.16. The van der Waals surface area contributed by atoms with Gasteiger partial charge < -0.3 is 9.15 Å². The molecule has 0 radical (unpaired) electrons. The summed E-state index contributed by atoms with van der Waals surface area (Å²) in [6.45, 7) is 0. The third-order valence-electron chi connectivity index (χ3n) is 2.71. The molecule has 2 heterocycles. The molecule has 3 aromatic rings. The zero-order valence-corrected chi connectivity index (χ0v) is 10.2. The van der Waals surface area contributed by atoms with Crippen molar-refractivity contribution in [1.29, 1.82) is 0 Å². The number of hydrogen-bond donors (Lipinski definition) is 0. The van der Waals surface area contributed by atoms with Gasteiger partial charge in [0, 0.05) is 11.5 Å². The second kappa shape index (κ2) is 3.99. The lowest BCUT2D eigenvalue weighted by molar-refractivity contribution is 0.415. The summed E-state index contributed by atoms with van der Waals surface area (Å²) in [6.07, 6.45) is 0. The fraction of sp³-hybridized carbons (Fsp3) is 0.0769. The van der Waals surface area contributed by atoms with Crippen molar-refractivity contribution in [3.8, 4) is 5.75 Å². The van der Waals surface area contributed by atoms with Crippen molar-refractivity contribution in [2.75, 3.05) is 7.11 Å². The molecule has 0 N–H and O–H groups in total. The molecule has 0 aliphatic heterocycles. The van der Waals surface area contributed by atoms with Crippen LogP contribution in [-0.4, -0.2) is 12.1 Å². The molecule has 0 fully saturated rings. The predicted octanol–water partition coefficient (Wildman–Crippen LogP) is 3.00. The minimum atomic E-state index is -0.445. The molecular formula is C13H8ClNO3. The van der Waals surface area contributed by atoms with Gasteiger partial charge in [-0.25, -0.2) is 9.78 Å². The summed E-state index contributed by atoms with van der Waals surface area (Å²) in [6, 6.07) is 8.28. The summed E-state index contributed by atoms with van der Waals surface area (Å²) in [5.41, 5.74) is 0.451. The predicted molar refractivity (Wildman–Crippen MR) is 69.3 cm³/mol. The Balaban J connectivity index is 2.48. The minimum absolute atomic E-state index is 0.241. The zero-order chi connectivity index (χ0) is 12.7. The maximum absolute atomic E-state index is 11.2. The number of rotatable bonds is 1. The first kappa shape index (κ1) is 11.0. The molecule has 0 saturated heterocycles. The molecule has 5 heteroatoms. The van der Waals surface area contributed by atoms with Crippen LogP contribution in [0.5, 0.6) is 5.75 Å². The van der Waals surface area contributed by atoms with Gasteiger partial charge in [-0.1, -0.05) is 11.6 Å². The van der Waals surface area contributed by atoms with E-state index in [-0.39, 0.29) is 5.71 Å². The van der Waals surface area contributed by atoms with Crippen LogP contribution in [0.4, 0.5) is 0 Å². The average molecular weight is 262 g/mol. The molecule has 0 bridgehead atoms. The normalized spacial score (nSPS) is 11.0. The molecule has 0 amide bonds.